The molecule has 2 aromatic carbocycles. The van der Waals surface area contributed by atoms with E-state index in [9.17, 15) is 10.2 Å². The standard InChI is InChI=1S/C19H24O3/c1-14(13-22-18-6-4-3-5-7-18)12-15(2)19(21)16-8-10-17(20)11-9-16/h3-11,14-15,19-21H,12-13H2,1-2H3/t14-,15-,19-/m1/s1. The summed E-state index contributed by atoms with van der Waals surface area (Å²) in [6.07, 6.45) is 0.342. The number of hydrogen-bond acceptors (Lipinski definition) is 3. The second-order valence-electron chi connectivity index (χ2n) is 5.98. The molecule has 0 spiro atoms. The zero-order chi connectivity index (χ0) is 15.9. The molecule has 2 N–H and O–H groups in total. The molecule has 0 unspecified atom stereocenters. The number of rotatable bonds is 7. The zero-order valence-corrected chi connectivity index (χ0v) is 13.1. The van der Waals surface area contributed by atoms with E-state index in [1.165, 1.54) is 0 Å². The maximum absolute atomic E-state index is 10.4. The Morgan fingerprint density at radius 1 is 0.955 bits per heavy atom. The van der Waals surface area contributed by atoms with Crippen molar-refractivity contribution in [3.05, 3.63) is 60.2 Å². The molecule has 2 rings (SSSR count). The van der Waals surface area contributed by atoms with Crippen molar-refractivity contribution < 1.29 is 14.9 Å². The van der Waals surface area contributed by atoms with Gasteiger partial charge in [0, 0.05) is 0 Å². The lowest BCUT2D eigenvalue weighted by atomic mass is 9.89. The van der Waals surface area contributed by atoms with Crippen molar-refractivity contribution in [1.29, 1.82) is 0 Å². The molecule has 118 valence electrons. The van der Waals surface area contributed by atoms with E-state index in [0.717, 1.165) is 17.7 Å². The van der Waals surface area contributed by atoms with Crippen molar-refractivity contribution in [2.24, 2.45) is 11.8 Å². The van der Waals surface area contributed by atoms with Crippen LogP contribution in [0.15, 0.2) is 54.6 Å². The highest BCUT2D eigenvalue weighted by atomic mass is 16.5. The van der Waals surface area contributed by atoms with Gasteiger partial charge >= 0.3 is 0 Å². The first-order valence-corrected chi connectivity index (χ1v) is 7.71. The average molecular weight is 300 g/mol. The molecule has 3 nitrogen and oxygen atoms in total. The summed E-state index contributed by atoms with van der Waals surface area (Å²) >= 11 is 0. The van der Waals surface area contributed by atoms with Gasteiger partial charge in [-0.15, -0.1) is 0 Å². The maximum atomic E-state index is 10.4. The SMILES string of the molecule is C[C@@H](COc1ccccc1)C[C@@H](C)[C@@H](O)c1ccc(O)cc1. The number of aromatic hydroxyl groups is 1. The van der Waals surface area contributed by atoms with Crippen LogP contribution in [0.3, 0.4) is 0 Å². The number of phenolic OH excluding ortho intramolecular Hbond substituents is 1. The van der Waals surface area contributed by atoms with Gasteiger partial charge in [-0.1, -0.05) is 44.2 Å². The second kappa shape index (κ2) is 7.85. The molecule has 3 heteroatoms. The molecule has 0 fully saturated rings. The Labute approximate surface area is 132 Å². The molecule has 0 aliphatic carbocycles. The van der Waals surface area contributed by atoms with Crippen LogP contribution < -0.4 is 4.74 Å². The van der Waals surface area contributed by atoms with Gasteiger partial charge in [0.1, 0.15) is 11.5 Å². The summed E-state index contributed by atoms with van der Waals surface area (Å²) in [5.74, 6) is 1.57. The summed E-state index contributed by atoms with van der Waals surface area (Å²) in [5.41, 5.74) is 0.835. The largest absolute Gasteiger partial charge is 0.508 e. The van der Waals surface area contributed by atoms with E-state index in [0.29, 0.717) is 12.5 Å². The number of hydrogen-bond donors (Lipinski definition) is 2. The average Bonchev–Trinajstić information content (AvgIpc) is 2.54. The minimum atomic E-state index is -0.528. The van der Waals surface area contributed by atoms with Crippen molar-refractivity contribution in [2.45, 2.75) is 26.4 Å². The van der Waals surface area contributed by atoms with Crippen molar-refractivity contribution in [2.75, 3.05) is 6.61 Å². The molecule has 0 radical (unpaired) electrons. The minimum Gasteiger partial charge on any atom is -0.508 e. The van der Waals surface area contributed by atoms with Gasteiger partial charge in [0.2, 0.25) is 0 Å². The predicted octanol–water partition coefficient (Wildman–Crippen LogP) is 4.17. The van der Waals surface area contributed by atoms with E-state index in [-0.39, 0.29) is 11.7 Å². The molecule has 0 amide bonds. The van der Waals surface area contributed by atoms with Gasteiger partial charge in [0.25, 0.3) is 0 Å². The molecule has 2 aromatic rings. The third kappa shape index (κ3) is 4.78. The Morgan fingerprint density at radius 2 is 1.59 bits per heavy atom. The first-order chi connectivity index (χ1) is 10.6. The molecule has 0 saturated carbocycles. The maximum Gasteiger partial charge on any atom is 0.119 e. The third-order valence-corrected chi connectivity index (χ3v) is 3.83. The zero-order valence-electron chi connectivity index (χ0n) is 13.1. The van der Waals surface area contributed by atoms with Crippen LogP contribution in [0.5, 0.6) is 11.5 Å². The fraction of sp³-hybridized carbons (Fsp3) is 0.368. The molecule has 0 saturated heterocycles. The number of aliphatic hydroxyl groups is 1. The number of para-hydroxylation sites is 1. The lowest BCUT2D eigenvalue weighted by Crippen LogP contribution is -2.17. The van der Waals surface area contributed by atoms with Crippen molar-refractivity contribution in [1.82, 2.24) is 0 Å². The van der Waals surface area contributed by atoms with Crippen molar-refractivity contribution >= 4 is 0 Å². The molecular formula is C19H24O3. The van der Waals surface area contributed by atoms with Crippen LogP contribution in [0, 0.1) is 11.8 Å². The Balaban J connectivity index is 1.82. The fourth-order valence-electron chi connectivity index (χ4n) is 2.59. The van der Waals surface area contributed by atoms with E-state index >= 15 is 0 Å². The van der Waals surface area contributed by atoms with Gasteiger partial charge in [-0.2, -0.15) is 0 Å². The van der Waals surface area contributed by atoms with E-state index in [1.54, 1.807) is 24.3 Å². The van der Waals surface area contributed by atoms with Gasteiger partial charge in [0.05, 0.1) is 12.7 Å². The van der Waals surface area contributed by atoms with Gasteiger partial charge < -0.3 is 14.9 Å². The highest BCUT2D eigenvalue weighted by Gasteiger charge is 2.19. The van der Waals surface area contributed by atoms with Gasteiger partial charge in [-0.3, -0.25) is 0 Å². The van der Waals surface area contributed by atoms with Crippen LogP contribution >= 0.6 is 0 Å². The van der Waals surface area contributed by atoms with Crippen LogP contribution in [0.1, 0.15) is 31.9 Å². The Morgan fingerprint density at radius 3 is 2.23 bits per heavy atom. The third-order valence-electron chi connectivity index (χ3n) is 3.83. The summed E-state index contributed by atoms with van der Waals surface area (Å²) in [6.45, 7) is 4.80. The van der Waals surface area contributed by atoms with E-state index in [2.05, 4.69) is 6.92 Å². The number of benzene rings is 2. The fourth-order valence-corrected chi connectivity index (χ4v) is 2.59. The van der Waals surface area contributed by atoms with Crippen LogP contribution in [-0.2, 0) is 0 Å². The van der Waals surface area contributed by atoms with E-state index in [4.69, 9.17) is 4.74 Å². The molecule has 0 heterocycles. The normalized spacial score (nSPS) is 15.0. The number of ether oxygens (including phenoxy) is 1. The minimum absolute atomic E-state index is 0.124. The number of phenols is 1. The Kier molecular flexibility index (Phi) is 5.84. The van der Waals surface area contributed by atoms with Crippen molar-refractivity contribution in [3.63, 3.8) is 0 Å². The molecule has 0 aromatic heterocycles. The lowest BCUT2D eigenvalue weighted by Gasteiger charge is -2.23. The lowest BCUT2D eigenvalue weighted by molar-refractivity contribution is 0.0962. The van der Waals surface area contributed by atoms with E-state index < -0.39 is 6.10 Å². The Hall–Kier alpha value is -2.00. The van der Waals surface area contributed by atoms with Gasteiger partial charge in [-0.05, 0) is 48.1 Å². The second-order valence-corrected chi connectivity index (χ2v) is 5.98. The van der Waals surface area contributed by atoms with Gasteiger partial charge in [-0.25, -0.2) is 0 Å². The van der Waals surface area contributed by atoms with Crippen LogP contribution in [0.2, 0.25) is 0 Å². The molecule has 0 aliphatic heterocycles. The molecule has 0 bridgehead atoms. The summed E-state index contributed by atoms with van der Waals surface area (Å²) in [7, 11) is 0. The predicted molar refractivity (Wildman–Crippen MR) is 87.9 cm³/mol. The Bertz CT molecular complexity index is 551. The molecule has 3 atom stereocenters. The monoisotopic (exact) mass is 300 g/mol. The summed E-state index contributed by atoms with van der Waals surface area (Å²) in [6, 6.07) is 16.5. The summed E-state index contributed by atoms with van der Waals surface area (Å²) < 4.78 is 5.76. The first kappa shape index (κ1) is 16.4. The van der Waals surface area contributed by atoms with Gasteiger partial charge in [0.15, 0.2) is 0 Å². The molecule has 0 aliphatic rings. The smallest absolute Gasteiger partial charge is 0.119 e. The topological polar surface area (TPSA) is 49.7 Å². The quantitative estimate of drug-likeness (QED) is 0.807. The van der Waals surface area contributed by atoms with Crippen LogP contribution in [0.25, 0.3) is 0 Å². The van der Waals surface area contributed by atoms with Crippen LogP contribution in [-0.4, -0.2) is 16.8 Å². The number of aliphatic hydroxyl groups excluding tert-OH is 1. The first-order valence-electron chi connectivity index (χ1n) is 7.71. The molecular weight excluding hydrogens is 276 g/mol. The highest BCUT2D eigenvalue weighted by molar-refractivity contribution is 5.27. The molecule has 22 heavy (non-hydrogen) atoms. The van der Waals surface area contributed by atoms with E-state index in [1.807, 2.05) is 37.3 Å². The summed E-state index contributed by atoms with van der Waals surface area (Å²) in [5, 5.41) is 19.7. The summed E-state index contributed by atoms with van der Waals surface area (Å²) in [4.78, 5) is 0. The van der Waals surface area contributed by atoms with Crippen molar-refractivity contribution in [3.8, 4) is 11.5 Å². The van der Waals surface area contributed by atoms with Crippen LogP contribution in [0.4, 0.5) is 0 Å². The highest BCUT2D eigenvalue weighted by Crippen LogP contribution is 2.28.